The molecule has 4 atom stereocenters. The molecule has 3 N–H and O–H groups in total. The molecule has 0 saturated heterocycles. The van der Waals surface area contributed by atoms with E-state index in [-0.39, 0.29) is 0 Å². The van der Waals surface area contributed by atoms with Gasteiger partial charge in [-0.15, -0.1) is 11.3 Å². The van der Waals surface area contributed by atoms with E-state index >= 15 is 0 Å². The highest BCUT2D eigenvalue weighted by Gasteiger charge is 2.41. The molecule has 3 nitrogen and oxygen atoms in total. The predicted octanol–water partition coefficient (Wildman–Crippen LogP) is 3.76. The standard InChI is InChI=1S/C17H31N3S/c1-6-14-10-20-16(21-14)12(3)19-9-13-7-8-15(18)11(2)17(13,4)5/h10-13,15,19H,6-9,18H2,1-5H3. The molecule has 0 aromatic carbocycles. The molecule has 4 heteroatoms. The zero-order valence-electron chi connectivity index (χ0n) is 14.1. The zero-order valence-corrected chi connectivity index (χ0v) is 15.0. The van der Waals surface area contributed by atoms with E-state index in [0.717, 1.165) is 19.4 Å². The van der Waals surface area contributed by atoms with Gasteiger partial charge in [-0.25, -0.2) is 4.98 Å². The molecule has 1 aliphatic carbocycles. The van der Waals surface area contributed by atoms with Crippen LogP contribution in [0.2, 0.25) is 0 Å². The molecule has 0 bridgehead atoms. The first kappa shape index (κ1) is 16.9. The fourth-order valence-corrected chi connectivity index (χ4v) is 4.28. The Hall–Kier alpha value is -0.450. The lowest BCUT2D eigenvalue weighted by Crippen LogP contribution is -2.49. The van der Waals surface area contributed by atoms with Gasteiger partial charge in [0.15, 0.2) is 0 Å². The lowest BCUT2D eigenvalue weighted by molar-refractivity contribution is 0.0526. The van der Waals surface area contributed by atoms with Crippen molar-refractivity contribution in [2.75, 3.05) is 6.54 Å². The fraction of sp³-hybridized carbons (Fsp3) is 0.824. The van der Waals surface area contributed by atoms with Gasteiger partial charge in [-0.2, -0.15) is 0 Å². The van der Waals surface area contributed by atoms with Crippen LogP contribution in [-0.2, 0) is 6.42 Å². The normalized spacial score (nSPS) is 30.3. The monoisotopic (exact) mass is 309 g/mol. The lowest BCUT2D eigenvalue weighted by Gasteiger charge is -2.47. The summed E-state index contributed by atoms with van der Waals surface area (Å²) >= 11 is 1.83. The molecule has 0 amide bonds. The first-order chi connectivity index (χ1) is 9.86. The second-order valence-electron chi connectivity index (χ2n) is 7.20. The lowest BCUT2D eigenvalue weighted by atomic mass is 9.61. The molecule has 0 spiro atoms. The Balaban J connectivity index is 1.93. The van der Waals surface area contributed by atoms with Crippen LogP contribution in [0.25, 0.3) is 0 Å². The number of hydrogen-bond acceptors (Lipinski definition) is 4. The minimum atomic E-state index is 0.307. The van der Waals surface area contributed by atoms with Crippen LogP contribution in [0.1, 0.15) is 63.4 Å². The molecule has 1 aliphatic rings. The van der Waals surface area contributed by atoms with Crippen molar-refractivity contribution < 1.29 is 0 Å². The third kappa shape index (κ3) is 3.66. The molecule has 1 saturated carbocycles. The molecule has 1 aromatic rings. The Morgan fingerprint density at radius 3 is 2.81 bits per heavy atom. The molecule has 4 unspecified atom stereocenters. The van der Waals surface area contributed by atoms with E-state index in [4.69, 9.17) is 5.73 Å². The topological polar surface area (TPSA) is 50.9 Å². The van der Waals surface area contributed by atoms with Gasteiger partial charge in [0.1, 0.15) is 5.01 Å². The molecule has 1 fully saturated rings. The maximum Gasteiger partial charge on any atom is 0.109 e. The number of nitrogens with zero attached hydrogens (tertiary/aromatic N) is 1. The first-order valence-corrected chi connectivity index (χ1v) is 9.11. The molecule has 1 heterocycles. The van der Waals surface area contributed by atoms with Crippen molar-refractivity contribution >= 4 is 11.3 Å². The molecule has 0 radical (unpaired) electrons. The summed E-state index contributed by atoms with van der Waals surface area (Å²) in [6.07, 6.45) is 5.48. The van der Waals surface area contributed by atoms with Gasteiger partial charge < -0.3 is 11.1 Å². The minimum absolute atomic E-state index is 0.307. The average molecular weight is 310 g/mol. The first-order valence-electron chi connectivity index (χ1n) is 8.29. The Labute approximate surface area is 133 Å². The maximum atomic E-state index is 6.25. The number of nitrogens with one attached hydrogen (secondary N) is 1. The molecule has 2 rings (SSSR count). The number of aryl methyl sites for hydroxylation is 1. The van der Waals surface area contributed by atoms with Crippen molar-refractivity contribution in [3.05, 3.63) is 16.1 Å². The largest absolute Gasteiger partial charge is 0.327 e. The molecule has 1 aromatic heterocycles. The Bertz CT molecular complexity index is 455. The second kappa shape index (κ2) is 6.76. The van der Waals surface area contributed by atoms with Crippen LogP contribution < -0.4 is 11.1 Å². The molecule has 21 heavy (non-hydrogen) atoms. The second-order valence-corrected chi connectivity index (χ2v) is 8.34. The highest BCUT2D eigenvalue weighted by atomic mass is 32.1. The van der Waals surface area contributed by atoms with E-state index < -0.39 is 0 Å². The van der Waals surface area contributed by atoms with Gasteiger partial charge in [-0.05, 0) is 50.0 Å². The molecule has 120 valence electrons. The summed E-state index contributed by atoms with van der Waals surface area (Å²) in [5.74, 6) is 1.28. The van der Waals surface area contributed by atoms with Crippen molar-refractivity contribution in [3.8, 4) is 0 Å². The summed E-state index contributed by atoms with van der Waals surface area (Å²) < 4.78 is 0. The summed E-state index contributed by atoms with van der Waals surface area (Å²) in [5, 5.41) is 4.92. The minimum Gasteiger partial charge on any atom is -0.327 e. The van der Waals surface area contributed by atoms with Gasteiger partial charge in [-0.3, -0.25) is 0 Å². The van der Waals surface area contributed by atoms with Gasteiger partial charge in [-0.1, -0.05) is 27.7 Å². The third-order valence-electron chi connectivity index (χ3n) is 5.68. The van der Waals surface area contributed by atoms with Crippen LogP contribution in [0.3, 0.4) is 0 Å². The summed E-state index contributed by atoms with van der Waals surface area (Å²) in [7, 11) is 0. The van der Waals surface area contributed by atoms with E-state index in [9.17, 15) is 0 Å². The quantitative estimate of drug-likeness (QED) is 0.871. The summed E-state index contributed by atoms with van der Waals surface area (Å²) in [4.78, 5) is 5.92. The number of aromatic nitrogens is 1. The smallest absolute Gasteiger partial charge is 0.109 e. The summed E-state index contributed by atoms with van der Waals surface area (Å²) in [6.45, 7) is 12.5. The maximum absolute atomic E-state index is 6.25. The van der Waals surface area contributed by atoms with E-state index in [1.54, 1.807) is 0 Å². The molecular formula is C17H31N3S. The van der Waals surface area contributed by atoms with E-state index in [1.165, 1.54) is 16.3 Å². The number of hydrogen-bond donors (Lipinski definition) is 2. The summed E-state index contributed by atoms with van der Waals surface area (Å²) in [6, 6.07) is 0.705. The van der Waals surface area contributed by atoms with Crippen LogP contribution >= 0.6 is 11.3 Å². The zero-order chi connectivity index (χ0) is 15.6. The average Bonchev–Trinajstić information content (AvgIpc) is 2.93. The van der Waals surface area contributed by atoms with Crippen molar-refractivity contribution in [1.82, 2.24) is 10.3 Å². The van der Waals surface area contributed by atoms with Crippen LogP contribution in [0.5, 0.6) is 0 Å². The summed E-state index contributed by atoms with van der Waals surface area (Å²) in [5.41, 5.74) is 6.56. The SMILES string of the molecule is CCc1cnc(C(C)NCC2CCC(N)C(C)C2(C)C)s1. The van der Waals surface area contributed by atoms with Crippen LogP contribution in [0.15, 0.2) is 6.20 Å². The third-order valence-corrected chi connectivity index (χ3v) is 7.00. The van der Waals surface area contributed by atoms with Crippen LogP contribution in [0, 0.1) is 17.3 Å². The number of rotatable bonds is 5. The van der Waals surface area contributed by atoms with Gasteiger partial charge in [0.2, 0.25) is 0 Å². The molecular weight excluding hydrogens is 278 g/mol. The van der Waals surface area contributed by atoms with Gasteiger partial charge in [0.25, 0.3) is 0 Å². The van der Waals surface area contributed by atoms with Crippen molar-refractivity contribution in [1.29, 1.82) is 0 Å². The van der Waals surface area contributed by atoms with E-state index in [0.29, 0.717) is 29.3 Å². The highest BCUT2D eigenvalue weighted by molar-refractivity contribution is 7.11. The highest BCUT2D eigenvalue weighted by Crippen LogP contribution is 2.44. The van der Waals surface area contributed by atoms with E-state index in [1.807, 2.05) is 17.5 Å². The Kier molecular flexibility index (Phi) is 5.44. The van der Waals surface area contributed by atoms with Gasteiger partial charge in [0.05, 0.1) is 6.04 Å². The Morgan fingerprint density at radius 1 is 1.48 bits per heavy atom. The number of nitrogens with two attached hydrogens (primary N) is 1. The fourth-order valence-electron chi connectivity index (χ4n) is 3.40. The van der Waals surface area contributed by atoms with Crippen LogP contribution in [-0.4, -0.2) is 17.6 Å². The van der Waals surface area contributed by atoms with Crippen molar-refractivity contribution in [2.24, 2.45) is 23.0 Å². The van der Waals surface area contributed by atoms with Gasteiger partial charge in [0, 0.05) is 17.1 Å². The Morgan fingerprint density at radius 2 is 2.19 bits per heavy atom. The molecule has 0 aliphatic heterocycles. The van der Waals surface area contributed by atoms with E-state index in [2.05, 4.69) is 44.9 Å². The number of thiazole rings is 1. The van der Waals surface area contributed by atoms with Crippen molar-refractivity contribution in [2.45, 2.75) is 66.0 Å². The van der Waals surface area contributed by atoms with Crippen LogP contribution in [0.4, 0.5) is 0 Å². The predicted molar refractivity (Wildman–Crippen MR) is 91.6 cm³/mol. The van der Waals surface area contributed by atoms with Gasteiger partial charge >= 0.3 is 0 Å². The van der Waals surface area contributed by atoms with Crippen molar-refractivity contribution in [3.63, 3.8) is 0 Å².